The van der Waals surface area contributed by atoms with Crippen LogP contribution in [0.15, 0.2) is 6.07 Å². The van der Waals surface area contributed by atoms with Crippen LogP contribution < -0.4 is 10.2 Å². The molecule has 0 amide bonds. The summed E-state index contributed by atoms with van der Waals surface area (Å²) in [6.45, 7) is 3.74. The highest BCUT2D eigenvalue weighted by atomic mass is 16.5. The van der Waals surface area contributed by atoms with Crippen molar-refractivity contribution in [3.8, 4) is 0 Å². The Morgan fingerprint density at radius 1 is 1.30 bits per heavy atom. The predicted molar refractivity (Wildman–Crippen MR) is 70.3 cm³/mol. The molecule has 0 aliphatic carbocycles. The standard InChI is InChI=1S/C12H16N4O4/c17-11(18)9-5-10(13-8-6-20-7-8)15-12(14-9)16-1-3-19-4-2-16/h5,8H,1-4,6-7H2,(H,17,18)(H,13,14,15). The third kappa shape index (κ3) is 2.81. The third-order valence-electron chi connectivity index (χ3n) is 3.22. The minimum atomic E-state index is -1.06. The smallest absolute Gasteiger partial charge is 0.354 e. The fourth-order valence-corrected chi connectivity index (χ4v) is 2.05. The molecule has 0 unspecified atom stereocenters. The van der Waals surface area contributed by atoms with Gasteiger partial charge in [-0.1, -0.05) is 0 Å². The normalized spacial score (nSPS) is 19.5. The molecule has 2 saturated heterocycles. The van der Waals surface area contributed by atoms with Crippen molar-refractivity contribution < 1.29 is 19.4 Å². The van der Waals surface area contributed by atoms with E-state index in [1.54, 1.807) is 0 Å². The molecule has 3 heterocycles. The molecule has 1 aromatic rings. The van der Waals surface area contributed by atoms with Crippen LogP contribution in [-0.4, -0.2) is 66.6 Å². The number of nitrogens with zero attached hydrogens (tertiary/aromatic N) is 3. The van der Waals surface area contributed by atoms with E-state index in [0.717, 1.165) is 0 Å². The number of aromatic nitrogens is 2. The van der Waals surface area contributed by atoms with E-state index in [9.17, 15) is 4.79 Å². The summed E-state index contributed by atoms with van der Waals surface area (Å²) in [5.74, 6) is -0.113. The maximum Gasteiger partial charge on any atom is 0.354 e. The lowest BCUT2D eigenvalue weighted by atomic mass is 10.2. The van der Waals surface area contributed by atoms with Crippen LogP contribution >= 0.6 is 0 Å². The highest BCUT2D eigenvalue weighted by molar-refractivity contribution is 5.86. The minimum Gasteiger partial charge on any atom is -0.477 e. The zero-order valence-corrected chi connectivity index (χ0v) is 10.9. The Labute approximate surface area is 115 Å². The molecule has 2 fully saturated rings. The van der Waals surface area contributed by atoms with Crippen molar-refractivity contribution in [1.29, 1.82) is 0 Å². The fraction of sp³-hybridized carbons (Fsp3) is 0.583. The zero-order valence-electron chi connectivity index (χ0n) is 10.9. The lowest BCUT2D eigenvalue weighted by molar-refractivity contribution is 0.0209. The lowest BCUT2D eigenvalue weighted by Gasteiger charge is -2.29. The number of ether oxygens (including phenoxy) is 2. The summed E-state index contributed by atoms with van der Waals surface area (Å²) in [4.78, 5) is 21.6. The van der Waals surface area contributed by atoms with Crippen molar-refractivity contribution in [2.75, 3.05) is 49.7 Å². The Hall–Kier alpha value is -1.93. The molecule has 108 valence electrons. The van der Waals surface area contributed by atoms with Crippen LogP contribution in [-0.2, 0) is 9.47 Å². The number of hydrogen-bond acceptors (Lipinski definition) is 7. The second-order valence-corrected chi connectivity index (χ2v) is 4.72. The van der Waals surface area contributed by atoms with E-state index in [-0.39, 0.29) is 11.7 Å². The number of aromatic carboxylic acids is 1. The lowest BCUT2D eigenvalue weighted by Crippen LogP contribution is -2.41. The average Bonchev–Trinajstić information content (AvgIpc) is 2.43. The van der Waals surface area contributed by atoms with E-state index >= 15 is 0 Å². The molecule has 2 aliphatic rings. The molecule has 0 spiro atoms. The molecule has 0 saturated carbocycles. The number of morpholine rings is 1. The van der Waals surface area contributed by atoms with Gasteiger partial charge in [0.05, 0.1) is 32.5 Å². The quantitative estimate of drug-likeness (QED) is 0.784. The molecule has 20 heavy (non-hydrogen) atoms. The van der Waals surface area contributed by atoms with E-state index in [2.05, 4.69) is 15.3 Å². The van der Waals surface area contributed by atoms with E-state index in [0.29, 0.717) is 51.3 Å². The van der Waals surface area contributed by atoms with Gasteiger partial charge in [0.2, 0.25) is 5.95 Å². The number of carboxylic acid groups (broad SMARTS) is 1. The number of anilines is 2. The van der Waals surface area contributed by atoms with Gasteiger partial charge in [-0.2, -0.15) is 4.98 Å². The van der Waals surface area contributed by atoms with Crippen molar-refractivity contribution in [2.24, 2.45) is 0 Å². The molecular weight excluding hydrogens is 264 g/mol. The average molecular weight is 280 g/mol. The van der Waals surface area contributed by atoms with Crippen LogP contribution in [0.3, 0.4) is 0 Å². The SMILES string of the molecule is O=C(O)c1cc(NC2COC2)nc(N2CCOCC2)n1. The molecule has 8 nitrogen and oxygen atoms in total. The van der Waals surface area contributed by atoms with Gasteiger partial charge in [-0.25, -0.2) is 9.78 Å². The molecule has 8 heteroatoms. The first kappa shape index (κ1) is 13.1. The number of carboxylic acids is 1. The molecule has 3 rings (SSSR count). The summed E-state index contributed by atoms with van der Waals surface area (Å²) < 4.78 is 10.4. The van der Waals surface area contributed by atoms with Gasteiger partial charge in [0.25, 0.3) is 0 Å². The highest BCUT2D eigenvalue weighted by Crippen LogP contribution is 2.17. The van der Waals surface area contributed by atoms with Crippen molar-refractivity contribution in [3.63, 3.8) is 0 Å². The van der Waals surface area contributed by atoms with Crippen LogP contribution in [0.4, 0.5) is 11.8 Å². The van der Waals surface area contributed by atoms with Crippen LogP contribution in [0.25, 0.3) is 0 Å². The molecule has 0 bridgehead atoms. The molecular formula is C12H16N4O4. The van der Waals surface area contributed by atoms with Gasteiger partial charge >= 0.3 is 5.97 Å². The van der Waals surface area contributed by atoms with Gasteiger partial charge in [0.15, 0.2) is 5.69 Å². The van der Waals surface area contributed by atoms with Gasteiger partial charge in [0.1, 0.15) is 5.82 Å². The predicted octanol–water partition coefficient (Wildman–Crippen LogP) is -0.178. The van der Waals surface area contributed by atoms with E-state index in [4.69, 9.17) is 14.6 Å². The van der Waals surface area contributed by atoms with Gasteiger partial charge < -0.3 is 24.8 Å². The summed E-state index contributed by atoms with van der Waals surface area (Å²) in [5, 5.41) is 12.3. The summed E-state index contributed by atoms with van der Waals surface area (Å²) in [7, 11) is 0. The Morgan fingerprint density at radius 2 is 2.05 bits per heavy atom. The molecule has 0 radical (unpaired) electrons. The van der Waals surface area contributed by atoms with Gasteiger partial charge in [-0.3, -0.25) is 0 Å². The van der Waals surface area contributed by atoms with Gasteiger partial charge in [0, 0.05) is 19.2 Å². The summed E-state index contributed by atoms with van der Waals surface area (Å²) in [6.07, 6.45) is 0. The molecule has 2 aliphatic heterocycles. The maximum atomic E-state index is 11.2. The van der Waals surface area contributed by atoms with Crippen molar-refractivity contribution in [3.05, 3.63) is 11.8 Å². The molecule has 0 aromatic carbocycles. The Balaban J connectivity index is 1.84. The Kier molecular flexibility index (Phi) is 3.66. The summed E-state index contributed by atoms with van der Waals surface area (Å²) in [6, 6.07) is 1.63. The first-order chi connectivity index (χ1) is 9.72. The minimum absolute atomic E-state index is 0.00997. The summed E-state index contributed by atoms with van der Waals surface area (Å²) in [5.41, 5.74) is -0.00997. The van der Waals surface area contributed by atoms with E-state index < -0.39 is 5.97 Å². The summed E-state index contributed by atoms with van der Waals surface area (Å²) >= 11 is 0. The van der Waals surface area contributed by atoms with Crippen molar-refractivity contribution >= 4 is 17.7 Å². The van der Waals surface area contributed by atoms with Crippen molar-refractivity contribution in [2.45, 2.75) is 6.04 Å². The maximum absolute atomic E-state index is 11.2. The Bertz CT molecular complexity index is 500. The third-order valence-corrected chi connectivity index (χ3v) is 3.22. The largest absolute Gasteiger partial charge is 0.477 e. The number of rotatable bonds is 4. The zero-order chi connectivity index (χ0) is 13.9. The fourth-order valence-electron chi connectivity index (χ4n) is 2.05. The Morgan fingerprint density at radius 3 is 2.65 bits per heavy atom. The van der Waals surface area contributed by atoms with Crippen LogP contribution in [0, 0.1) is 0 Å². The molecule has 1 aromatic heterocycles. The topological polar surface area (TPSA) is 96.8 Å². The van der Waals surface area contributed by atoms with Gasteiger partial charge in [-0.05, 0) is 0 Å². The van der Waals surface area contributed by atoms with Crippen LogP contribution in [0.5, 0.6) is 0 Å². The van der Waals surface area contributed by atoms with E-state index in [1.165, 1.54) is 6.07 Å². The highest BCUT2D eigenvalue weighted by Gasteiger charge is 2.22. The van der Waals surface area contributed by atoms with Crippen LogP contribution in [0.1, 0.15) is 10.5 Å². The van der Waals surface area contributed by atoms with Crippen molar-refractivity contribution in [1.82, 2.24) is 9.97 Å². The number of hydrogen-bond donors (Lipinski definition) is 2. The van der Waals surface area contributed by atoms with Gasteiger partial charge in [-0.15, -0.1) is 0 Å². The second kappa shape index (κ2) is 5.59. The molecule has 2 N–H and O–H groups in total. The first-order valence-electron chi connectivity index (χ1n) is 6.52. The van der Waals surface area contributed by atoms with E-state index in [1.807, 2.05) is 4.90 Å². The molecule has 0 atom stereocenters. The van der Waals surface area contributed by atoms with Crippen LogP contribution in [0.2, 0.25) is 0 Å². The monoisotopic (exact) mass is 280 g/mol. The number of nitrogens with one attached hydrogen (secondary N) is 1. The first-order valence-corrected chi connectivity index (χ1v) is 6.52. The second-order valence-electron chi connectivity index (χ2n) is 4.72. The number of carbonyl (C=O) groups is 1.